The summed E-state index contributed by atoms with van der Waals surface area (Å²) in [6.45, 7) is 3.32. The molecule has 1 aliphatic heterocycles. The van der Waals surface area contributed by atoms with Crippen LogP contribution in [0.2, 0.25) is 0 Å². The number of hydrogen-bond donors (Lipinski definition) is 1. The fourth-order valence-corrected chi connectivity index (χ4v) is 5.87. The van der Waals surface area contributed by atoms with E-state index in [1.165, 1.54) is 27.8 Å². The van der Waals surface area contributed by atoms with Gasteiger partial charge in [-0.15, -0.1) is 10.2 Å². The van der Waals surface area contributed by atoms with E-state index < -0.39 is 10.0 Å². The van der Waals surface area contributed by atoms with Crippen LogP contribution in [0.15, 0.2) is 33.5 Å². The van der Waals surface area contributed by atoms with E-state index in [0.29, 0.717) is 23.8 Å². The van der Waals surface area contributed by atoms with Crippen molar-refractivity contribution < 1.29 is 13.2 Å². The summed E-state index contributed by atoms with van der Waals surface area (Å²) >= 11 is 3.07. The molecular weight excluding hydrogens is 404 g/mol. The Morgan fingerprint density at radius 1 is 1.22 bits per heavy atom. The predicted octanol–water partition coefficient (Wildman–Crippen LogP) is 3.12. The van der Waals surface area contributed by atoms with Crippen LogP contribution in [0.5, 0.6) is 0 Å². The number of hydrogen-bond acceptors (Lipinski definition) is 8. The highest BCUT2D eigenvalue weighted by Crippen LogP contribution is 2.26. The van der Waals surface area contributed by atoms with Crippen LogP contribution in [0.3, 0.4) is 0 Å². The second kappa shape index (κ2) is 9.13. The van der Waals surface area contributed by atoms with E-state index in [2.05, 4.69) is 22.4 Å². The molecule has 1 N–H and O–H groups in total. The number of ketones is 1. The fourth-order valence-electron chi connectivity index (χ4n) is 2.68. The van der Waals surface area contributed by atoms with Crippen molar-refractivity contribution in [1.29, 1.82) is 0 Å². The van der Waals surface area contributed by atoms with Crippen LogP contribution in [0.4, 0.5) is 5.13 Å². The molecule has 0 bridgehead atoms. The van der Waals surface area contributed by atoms with Gasteiger partial charge >= 0.3 is 0 Å². The molecule has 1 aromatic heterocycles. The number of carbonyl (C=O) groups is 1. The molecule has 2 heterocycles. The smallest absolute Gasteiger partial charge is 0.243 e. The Morgan fingerprint density at radius 2 is 1.93 bits per heavy atom. The second-order valence-electron chi connectivity index (χ2n) is 6.13. The number of thioether (sulfide) groups is 1. The highest BCUT2D eigenvalue weighted by atomic mass is 32.2. The minimum absolute atomic E-state index is 0.0886. The van der Waals surface area contributed by atoms with Gasteiger partial charge < -0.3 is 5.32 Å². The Kier molecular flexibility index (Phi) is 6.85. The molecule has 0 saturated carbocycles. The van der Waals surface area contributed by atoms with Gasteiger partial charge in [0.25, 0.3) is 0 Å². The van der Waals surface area contributed by atoms with Crippen molar-refractivity contribution in [3.63, 3.8) is 0 Å². The quantitative estimate of drug-likeness (QED) is 0.486. The summed E-state index contributed by atoms with van der Waals surface area (Å²) in [5.74, 6) is 0.860. The molecule has 0 atom stereocenters. The molecule has 1 saturated heterocycles. The number of aromatic nitrogens is 2. The first-order valence-corrected chi connectivity index (χ1v) is 12.1. The fraction of sp³-hybridized carbons (Fsp3) is 0.471. The van der Waals surface area contributed by atoms with Crippen LogP contribution in [-0.2, 0) is 10.0 Å². The molecule has 0 amide bonds. The lowest BCUT2D eigenvalue weighted by molar-refractivity contribution is 0.101. The minimum atomic E-state index is -3.45. The van der Waals surface area contributed by atoms with Crippen LogP contribution in [0, 0.1) is 0 Å². The number of nitrogens with one attached hydrogen (secondary N) is 1. The van der Waals surface area contributed by atoms with E-state index in [4.69, 9.17) is 0 Å². The van der Waals surface area contributed by atoms with Gasteiger partial charge in [-0.25, -0.2) is 8.42 Å². The van der Waals surface area contributed by atoms with E-state index in [-0.39, 0.29) is 17.2 Å². The van der Waals surface area contributed by atoms with Gasteiger partial charge in [0.05, 0.1) is 11.4 Å². The van der Waals surface area contributed by atoms with E-state index in [1.807, 2.05) is 0 Å². The van der Waals surface area contributed by atoms with Crippen LogP contribution in [0.25, 0.3) is 0 Å². The summed E-state index contributed by atoms with van der Waals surface area (Å²) in [5, 5.41) is 11.7. The lowest BCUT2D eigenvalue weighted by Crippen LogP contribution is -2.27. The molecule has 7 nitrogen and oxygen atoms in total. The predicted molar refractivity (Wildman–Crippen MR) is 108 cm³/mol. The van der Waals surface area contributed by atoms with Gasteiger partial charge in [0, 0.05) is 24.4 Å². The molecule has 1 aromatic carbocycles. The Balaban J connectivity index is 1.58. The molecule has 27 heavy (non-hydrogen) atoms. The normalized spacial score (nSPS) is 15.1. The molecular formula is C17H22N4O3S3. The summed E-state index contributed by atoms with van der Waals surface area (Å²) in [5.41, 5.74) is 0.466. The monoisotopic (exact) mass is 426 g/mol. The molecule has 146 valence electrons. The first-order valence-electron chi connectivity index (χ1n) is 8.84. The third kappa shape index (κ3) is 5.07. The van der Waals surface area contributed by atoms with Crippen molar-refractivity contribution >= 4 is 44.0 Å². The zero-order valence-corrected chi connectivity index (χ0v) is 17.5. The summed E-state index contributed by atoms with van der Waals surface area (Å²) in [4.78, 5) is 12.6. The van der Waals surface area contributed by atoms with Gasteiger partial charge in [-0.1, -0.05) is 30.0 Å². The maximum atomic E-state index is 12.5. The lowest BCUT2D eigenvalue weighted by Gasteiger charge is -2.15. The number of carbonyl (C=O) groups excluding carboxylic acids is 1. The van der Waals surface area contributed by atoms with E-state index >= 15 is 0 Å². The Hall–Kier alpha value is -1.49. The topological polar surface area (TPSA) is 92.3 Å². The van der Waals surface area contributed by atoms with Crippen molar-refractivity contribution in [2.75, 3.05) is 30.7 Å². The number of Topliss-reactive ketones (excluding diaryl/α,β-unsaturated/α-hetero) is 1. The van der Waals surface area contributed by atoms with Gasteiger partial charge in [0.1, 0.15) is 0 Å². The average Bonchev–Trinajstić information content (AvgIpc) is 3.37. The average molecular weight is 427 g/mol. The molecule has 0 spiro atoms. The molecule has 1 fully saturated rings. The van der Waals surface area contributed by atoms with Gasteiger partial charge in [-0.05, 0) is 43.5 Å². The zero-order chi connectivity index (χ0) is 19.3. The summed E-state index contributed by atoms with van der Waals surface area (Å²) in [6, 6.07) is 6.14. The highest BCUT2D eigenvalue weighted by Gasteiger charge is 2.27. The third-order valence-electron chi connectivity index (χ3n) is 4.12. The van der Waals surface area contributed by atoms with E-state index in [9.17, 15) is 13.2 Å². The van der Waals surface area contributed by atoms with Crippen molar-refractivity contribution in [3.8, 4) is 0 Å². The molecule has 0 unspecified atom stereocenters. The first kappa shape index (κ1) is 20.2. The Labute approximate surface area is 167 Å². The molecule has 2 aromatic rings. The van der Waals surface area contributed by atoms with Gasteiger partial charge in [-0.2, -0.15) is 4.31 Å². The molecule has 1 aliphatic rings. The zero-order valence-electron chi connectivity index (χ0n) is 15.1. The Morgan fingerprint density at radius 3 is 2.59 bits per heavy atom. The standard InChI is InChI=1S/C17H22N4O3S3/c1-2-11-25-17-20-19-16(26-17)18-12-15(22)13-5-7-14(8-6-13)27(23,24)21-9-3-4-10-21/h5-8H,2-4,9-12H2,1H3,(H,18,19). The van der Waals surface area contributed by atoms with Gasteiger partial charge in [0.15, 0.2) is 10.1 Å². The van der Waals surface area contributed by atoms with Crippen LogP contribution >= 0.6 is 23.1 Å². The summed E-state index contributed by atoms with van der Waals surface area (Å²) in [6.07, 6.45) is 2.85. The second-order valence-corrected chi connectivity index (χ2v) is 10.4. The number of rotatable bonds is 9. The maximum absolute atomic E-state index is 12.5. The largest absolute Gasteiger partial charge is 0.353 e. The molecule has 0 radical (unpaired) electrons. The molecule has 0 aliphatic carbocycles. The highest BCUT2D eigenvalue weighted by molar-refractivity contribution is 8.01. The Bertz CT molecular complexity index is 875. The van der Waals surface area contributed by atoms with Crippen LogP contribution in [-0.4, -0.2) is 54.1 Å². The number of benzene rings is 1. The van der Waals surface area contributed by atoms with E-state index in [1.54, 1.807) is 23.9 Å². The van der Waals surface area contributed by atoms with Crippen LogP contribution in [0.1, 0.15) is 36.5 Å². The van der Waals surface area contributed by atoms with Crippen molar-refractivity contribution in [2.45, 2.75) is 35.4 Å². The minimum Gasteiger partial charge on any atom is -0.353 e. The van der Waals surface area contributed by atoms with Crippen molar-refractivity contribution in [1.82, 2.24) is 14.5 Å². The van der Waals surface area contributed by atoms with E-state index in [0.717, 1.165) is 29.4 Å². The lowest BCUT2D eigenvalue weighted by atomic mass is 10.1. The molecule has 10 heteroatoms. The molecule has 3 rings (SSSR count). The van der Waals surface area contributed by atoms with Gasteiger partial charge in [0.2, 0.25) is 15.2 Å². The number of nitrogens with zero attached hydrogens (tertiary/aromatic N) is 3. The number of sulfonamides is 1. The number of anilines is 1. The summed E-state index contributed by atoms with van der Waals surface area (Å²) in [7, 11) is -3.45. The van der Waals surface area contributed by atoms with Crippen molar-refractivity contribution in [3.05, 3.63) is 29.8 Å². The van der Waals surface area contributed by atoms with Crippen molar-refractivity contribution in [2.24, 2.45) is 0 Å². The van der Waals surface area contributed by atoms with Gasteiger partial charge in [-0.3, -0.25) is 4.79 Å². The maximum Gasteiger partial charge on any atom is 0.243 e. The van der Waals surface area contributed by atoms with Crippen LogP contribution < -0.4 is 5.32 Å². The first-order chi connectivity index (χ1) is 13.0. The third-order valence-corrected chi connectivity index (χ3v) is 8.25. The SMILES string of the molecule is CCCSc1nnc(NCC(=O)c2ccc(S(=O)(=O)N3CCCC3)cc2)s1. The summed E-state index contributed by atoms with van der Waals surface area (Å²) < 4.78 is 27.4.